The lowest BCUT2D eigenvalue weighted by molar-refractivity contribution is -0.384. The predicted molar refractivity (Wildman–Crippen MR) is 93.2 cm³/mol. The Kier molecular flexibility index (Phi) is 4.26. The number of hydrogen-bond donors (Lipinski definition) is 1. The van der Waals surface area contributed by atoms with Crippen LogP contribution in [-0.4, -0.2) is 20.8 Å². The number of nitrogen functional groups attached to an aromatic ring is 1. The fourth-order valence-corrected chi connectivity index (χ4v) is 2.20. The topological polar surface area (TPSA) is 99.3 Å². The molecule has 2 N–H and O–H groups in total. The summed E-state index contributed by atoms with van der Waals surface area (Å²) >= 11 is 5.83. The zero-order valence-corrected chi connectivity index (χ0v) is 13.1. The SMILES string of the molecule is Nc1nc(-c2cccc([N+](=O)[O-])c2)cn1N=Cc1ccc(Cl)cc1. The number of nitro benzene ring substituents is 1. The first-order chi connectivity index (χ1) is 11.5. The Morgan fingerprint density at radius 3 is 2.71 bits per heavy atom. The zero-order chi connectivity index (χ0) is 17.1. The van der Waals surface area contributed by atoms with Crippen LogP contribution in [0.5, 0.6) is 0 Å². The van der Waals surface area contributed by atoms with Crippen molar-refractivity contribution in [3.63, 3.8) is 0 Å². The van der Waals surface area contributed by atoms with Gasteiger partial charge in [0.2, 0.25) is 5.95 Å². The van der Waals surface area contributed by atoms with Crippen LogP contribution in [0.3, 0.4) is 0 Å². The van der Waals surface area contributed by atoms with E-state index in [-0.39, 0.29) is 11.6 Å². The second kappa shape index (κ2) is 6.51. The molecule has 0 radical (unpaired) electrons. The van der Waals surface area contributed by atoms with Gasteiger partial charge in [-0.05, 0) is 17.7 Å². The first-order valence-electron chi connectivity index (χ1n) is 6.92. The van der Waals surface area contributed by atoms with E-state index in [0.29, 0.717) is 16.3 Å². The van der Waals surface area contributed by atoms with Gasteiger partial charge in [0.05, 0.1) is 23.0 Å². The lowest BCUT2D eigenvalue weighted by Crippen LogP contribution is -1.96. The van der Waals surface area contributed by atoms with E-state index in [1.165, 1.54) is 16.8 Å². The molecule has 1 heterocycles. The van der Waals surface area contributed by atoms with Gasteiger partial charge in [-0.1, -0.05) is 35.9 Å². The molecule has 0 saturated carbocycles. The summed E-state index contributed by atoms with van der Waals surface area (Å²) < 4.78 is 1.41. The van der Waals surface area contributed by atoms with Gasteiger partial charge in [-0.3, -0.25) is 10.1 Å². The van der Waals surface area contributed by atoms with Crippen LogP contribution in [0.4, 0.5) is 11.6 Å². The summed E-state index contributed by atoms with van der Waals surface area (Å²) in [4.78, 5) is 14.6. The van der Waals surface area contributed by atoms with Crippen LogP contribution in [0.15, 0.2) is 59.8 Å². The van der Waals surface area contributed by atoms with Crippen LogP contribution in [0.1, 0.15) is 5.56 Å². The summed E-state index contributed by atoms with van der Waals surface area (Å²) in [6.45, 7) is 0. The van der Waals surface area contributed by atoms with Crippen molar-refractivity contribution in [2.75, 3.05) is 5.73 Å². The number of rotatable bonds is 4. The molecule has 0 spiro atoms. The Labute approximate surface area is 142 Å². The van der Waals surface area contributed by atoms with Crippen molar-refractivity contribution in [2.24, 2.45) is 5.10 Å². The lowest BCUT2D eigenvalue weighted by atomic mass is 10.1. The molecule has 24 heavy (non-hydrogen) atoms. The largest absolute Gasteiger partial charge is 0.368 e. The number of non-ortho nitro benzene ring substituents is 1. The molecule has 0 bridgehead atoms. The van der Waals surface area contributed by atoms with Crippen molar-refractivity contribution >= 4 is 29.5 Å². The molecule has 3 rings (SSSR count). The smallest absolute Gasteiger partial charge is 0.270 e. The van der Waals surface area contributed by atoms with Gasteiger partial charge in [-0.25, -0.2) is 9.66 Å². The van der Waals surface area contributed by atoms with Crippen LogP contribution in [-0.2, 0) is 0 Å². The van der Waals surface area contributed by atoms with Gasteiger partial charge < -0.3 is 5.73 Å². The fraction of sp³-hybridized carbons (Fsp3) is 0. The average molecular weight is 342 g/mol. The van der Waals surface area contributed by atoms with E-state index in [9.17, 15) is 10.1 Å². The van der Waals surface area contributed by atoms with Crippen LogP contribution in [0, 0.1) is 10.1 Å². The van der Waals surface area contributed by atoms with Gasteiger partial charge in [-0.15, -0.1) is 0 Å². The minimum absolute atomic E-state index is 0.00899. The van der Waals surface area contributed by atoms with Crippen LogP contribution in [0.25, 0.3) is 11.3 Å². The number of hydrogen-bond acceptors (Lipinski definition) is 5. The molecule has 0 aliphatic rings. The standard InChI is InChI=1S/C16H12ClN5O2/c17-13-6-4-11(5-7-13)9-19-21-10-15(20-16(21)18)12-2-1-3-14(8-12)22(23)24/h1-10H,(H2,18,20). The maximum atomic E-state index is 10.9. The van der Waals surface area contributed by atoms with Gasteiger partial charge in [0.1, 0.15) is 0 Å². The highest BCUT2D eigenvalue weighted by Crippen LogP contribution is 2.24. The third-order valence-corrected chi connectivity index (χ3v) is 3.52. The minimum Gasteiger partial charge on any atom is -0.368 e. The van der Waals surface area contributed by atoms with Crippen molar-refractivity contribution in [3.8, 4) is 11.3 Å². The van der Waals surface area contributed by atoms with E-state index in [2.05, 4.69) is 10.1 Å². The third-order valence-electron chi connectivity index (χ3n) is 3.27. The number of nitro groups is 1. The monoisotopic (exact) mass is 341 g/mol. The first kappa shape index (κ1) is 15.7. The Bertz CT molecular complexity index is 918. The highest BCUT2D eigenvalue weighted by Gasteiger charge is 2.11. The van der Waals surface area contributed by atoms with Crippen molar-refractivity contribution in [2.45, 2.75) is 0 Å². The highest BCUT2D eigenvalue weighted by molar-refractivity contribution is 6.30. The highest BCUT2D eigenvalue weighted by atomic mass is 35.5. The third kappa shape index (κ3) is 3.41. The quantitative estimate of drug-likeness (QED) is 0.445. The number of imidazole rings is 1. The summed E-state index contributed by atoms with van der Waals surface area (Å²) in [5, 5.41) is 15.7. The Hall–Kier alpha value is -3.19. The molecule has 8 heteroatoms. The normalized spacial score (nSPS) is 11.0. The second-order valence-electron chi connectivity index (χ2n) is 4.93. The molecule has 0 aliphatic carbocycles. The van der Waals surface area contributed by atoms with Crippen molar-refractivity contribution in [3.05, 3.63) is 75.4 Å². The number of benzene rings is 2. The summed E-state index contributed by atoms with van der Waals surface area (Å²) in [6.07, 6.45) is 3.23. The second-order valence-corrected chi connectivity index (χ2v) is 5.37. The van der Waals surface area contributed by atoms with Crippen molar-refractivity contribution in [1.29, 1.82) is 0 Å². The zero-order valence-electron chi connectivity index (χ0n) is 12.3. The number of aromatic nitrogens is 2. The van der Waals surface area contributed by atoms with E-state index in [1.807, 2.05) is 12.1 Å². The summed E-state index contributed by atoms with van der Waals surface area (Å²) in [6, 6.07) is 13.3. The van der Waals surface area contributed by atoms with E-state index in [4.69, 9.17) is 17.3 Å². The molecule has 3 aromatic rings. The molecule has 1 aromatic heterocycles. The molecule has 0 amide bonds. The molecular weight excluding hydrogens is 330 g/mol. The molecule has 0 fully saturated rings. The minimum atomic E-state index is -0.456. The molecular formula is C16H12ClN5O2. The molecule has 0 unspecified atom stereocenters. The van der Waals surface area contributed by atoms with Crippen LogP contribution >= 0.6 is 11.6 Å². The van der Waals surface area contributed by atoms with Gasteiger partial charge in [0, 0.05) is 22.7 Å². The Morgan fingerprint density at radius 2 is 2.00 bits per heavy atom. The van der Waals surface area contributed by atoms with E-state index >= 15 is 0 Å². The predicted octanol–water partition coefficient (Wildman–Crippen LogP) is 3.58. The van der Waals surface area contributed by atoms with Gasteiger partial charge in [0.15, 0.2) is 0 Å². The molecule has 120 valence electrons. The number of nitrogens with two attached hydrogens (primary N) is 1. The van der Waals surface area contributed by atoms with Crippen molar-refractivity contribution in [1.82, 2.24) is 9.66 Å². The van der Waals surface area contributed by atoms with E-state index in [1.54, 1.807) is 36.7 Å². The maximum absolute atomic E-state index is 10.9. The summed E-state index contributed by atoms with van der Waals surface area (Å²) in [5.41, 5.74) is 7.79. The molecule has 0 atom stereocenters. The van der Waals surface area contributed by atoms with Gasteiger partial charge in [0.25, 0.3) is 5.69 Å². The average Bonchev–Trinajstić information content (AvgIpc) is 2.95. The molecule has 0 aliphatic heterocycles. The van der Waals surface area contributed by atoms with Crippen molar-refractivity contribution < 1.29 is 4.92 Å². The van der Waals surface area contributed by atoms with Gasteiger partial charge in [-0.2, -0.15) is 5.10 Å². The lowest BCUT2D eigenvalue weighted by Gasteiger charge is -1.96. The van der Waals surface area contributed by atoms with Crippen LogP contribution < -0.4 is 5.73 Å². The van der Waals surface area contributed by atoms with E-state index in [0.717, 1.165) is 5.56 Å². The van der Waals surface area contributed by atoms with Gasteiger partial charge >= 0.3 is 0 Å². The summed E-state index contributed by atoms with van der Waals surface area (Å²) in [5.74, 6) is 0.182. The first-order valence-corrected chi connectivity index (χ1v) is 7.30. The van der Waals surface area contributed by atoms with E-state index < -0.39 is 4.92 Å². The Balaban J connectivity index is 1.89. The number of anilines is 1. The molecule has 2 aromatic carbocycles. The molecule has 0 saturated heterocycles. The maximum Gasteiger partial charge on any atom is 0.270 e. The van der Waals surface area contributed by atoms with Crippen LogP contribution in [0.2, 0.25) is 5.02 Å². The number of nitrogens with zero attached hydrogens (tertiary/aromatic N) is 4. The fourth-order valence-electron chi connectivity index (χ4n) is 2.07. The number of halogens is 1. The molecule has 7 nitrogen and oxygen atoms in total. The Morgan fingerprint density at radius 1 is 1.25 bits per heavy atom. The summed E-state index contributed by atoms with van der Waals surface area (Å²) in [7, 11) is 0.